The van der Waals surface area contributed by atoms with E-state index < -0.39 is 11.3 Å². The van der Waals surface area contributed by atoms with Crippen LogP contribution >= 0.6 is 0 Å². The third kappa shape index (κ3) is 7.52. The van der Waals surface area contributed by atoms with E-state index in [0.717, 1.165) is 0 Å². The van der Waals surface area contributed by atoms with Crippen molar-refractivity contribution < 1.29 is 0 Å². The Labute approximate surface area is 61.7 Å². The Kier molecular flexibility index (Phi) is 2.51. The van der Waals surface area contributed by atoms with Crippen LogP contribution in [0.25, 0.3) is 0 Å². The molecule has 0 aromatic rings. The molecule has 0 rings (SSSR count). The number of rotatable bonds is 2. The highest BCUT2D eigenvalue weighted by Crippen LogP contribution is 2.05. The second-order valence-electron chi connectivity index (χ2n) is 3.51. The molecule has 0 amide bonds. The van der Waals surface area contributed by atoms with Crippen molar-refractivity contribution in [3.63, 3.8) is 0 Å². The van der Waals surface area contributed by atoms with Crippen molar-refractivity contribution in [2.24, 2.45) is 21.7 Å². The van der Waals surface area contributed by atoms with E-state index in [1.54, 1.807) is 27.7 Å². The lowest BCUT2D eigenvalue weighted by Crippen LogP contribution is -2.33. The van der Waals surface area contributed by atoms with Gasteiger partial charge in [0.15, 0.2) is 0 Å². The lowest BCUT2D eigenvalue weighted by atomic mass is 10.3. The third-order valence-electron chi connectivity index (χ3n) is 0.565. The fraction of sp³-hybridized carbons (Fsp3) is 1.00. The molecule has 4 N–H and O–H groups in total. The first-order valence-corrected chi connectivity index (χ1v) is 3.22. The summed E-state index contributed by atoms with van der Waals surface area (Å²) in [6.45, 7) is 7.06. The molecule has 0 saturated carbocycles. The van der Waals surface area contributed by atoms with E-state index in [9.17, 15) is 0 Å². The maximum atomic E-state index is 5.53. The predicted octanol–water partition coefficient (Wildman–Crippen LogP) is 0.828. The van der Waals surface area contributed by atoms with Gasteiger partial charge in [0.05, 0.1) is 0 Å². The molecule has 0 unspecified atom stereocenters. The highest BCUT2D eigenvalue weighted by Gasteiger charge is 2.12. The van der Waals surface area contributed by atoms with Gasteiger partial charge in [-0.05, 0) is 27.7 Å². The van der Waals surface area contributed by atoms with Crippen molar-refractivity contribution in [1.29, 1.82) is 0 Å². The molecule has 0 radical (unpaired) electrons. The van der Waals surface area contributed by atoms with E-state index in [1.807, 2.05) is 0 Å². The van der Waals surface area contributed by atoms with Crippen molar-refractivity contribution in [3.05, 3.63) is 0 Å². The molecular weight excluding hydrogens is 128 g/mol. The maximum absolute atomic E-state index is 5.53. The van der Waals surface area contributed by atoms with Crippen LogP contribution < -0.4 is 11.5 Å². The molecular formula is C6H16N4. The summed E-state index contributed by atoms with van der Waals surface area (Å²) in [7, 11) is 0. The van der Waals surface area contributed by atoms with Gasteiger partial charge in [0, 0.05) is 0 Å². The van der Waals surface area contributed by atoms with E-state index in [2.05, 4.69) is 10.2 Å². The molecule has 0 saturated heterocycles. The van der Waals surface area contributed by atoms with Crippen molar-refractivity contribution in [3.8, 4) is 0 Å². The predicted molar refractivity (Wildman–Crippen MR) is 41.4 cm³/mol. The fourth-order valence-electron chi connectivity index (χ4n) is 0.258. The monoisotopic (exact) mass is 144 g/mol. The minimum absolute atomic E-state index is 0.614. The SMILES string of the molecule is CC(C)(N)/N=N/C(C)(C)N. The van der Waals surface area contributed by atoms with Crippen LogP contribution in [0, 0.1) is 0 Å². The molecule has 0 fully saturated rings. The Hall–Kier alpha value is -0.480. The first kappa shape index (κ1) is 9.52. The van der Waals surface area contributed by atoms with Crippen LogP contribution in [0.4, 0.5) is 0 Å². The van der Waals surface area contributed by atoms with Crippen molar-refractivity contribution in [2.75, 3.05) is 0 Å². The van der Waals surface area contributed by atoms with Gasteiger partial charge in [0.2, 0.25) is 0 Å². The molecule has 0 aliphatic rings. The summed E-state index contributed by atoms with van der Waals surface area (Å²) >= 11 is 0. The van der Waals surface area contributed by atoms with Gasteiger partial charge < -0.3 is 11.5 Å². The molecule has 0 aliphatic carbocycles. The first-order chi connectivity index (χ1) is 4.21. The van der Waals surface area contributed by atoms with E-state index >= 15 is 0 Å². The quantitative estimate of drug-likeness (QED) is 0.563. The number of nitrogens with two attached hydrogens (primary N) is 2. The summed E-state index contributed by atoms with van der Waals surface area (Å²) in [6, 6.07) is 0. The Morgan fingerprint density at radius 3 is 1.10 bits per heavy atom. The zero-order valence-corrected chi connectivity index (χ0v) is 7.05. The summed E-state index contributed by atoms with van der Waals surface area (Å²) in [5.41, 5.74) is 9.82. The standard InChI is InChI=1S/C6H16N4/c1-5(2,7)9-10-6(3,4)8/h7-8H2,1-4H3/b10-9+. The normalized spacial score (nSPS) is 14.6. The number of hydrogen-bond acceptors (Lipinski definition) is 4. The van der Waals surface area contributed by atoms with Gasteiger partial charge in [-0.1, -0.05) is 0 Å². The summed E-state index contributed by atoms with van der Waals surface area (Å²) in [4.78, 5) is 0. The van der Waals surface area contributed by atoms with E-state index in [0.29, 0.717) is 0 Å². The summed E-state index contributed by atoms with van der Waals surface area (Å²) < 4.78 is 0. The van der Waals surface area contributed by atoms with E-state index in [1.165, 1.54) is 0 Å². The molecule has 60 valence electrons. The zero-order valence-electron chi connectivity index (χ0n) is 7.05. The number of nitrogens with zero attached hydrogens (tertiary/aromatic N) is 2. The average Bonchev–Trinajstić information content (AvgIpc) is 1.57. The number of hydrogen-bond donors (Lipinski definition) is 2. The molecule has 4 nitrogen and oxygen atoms in total. The molecule has 0 aliphatic heterocycles. The molecule has 0 heterocycles. The average molecular weight is 144 g/mol. The van der Waals surface area contributed by atoms with Crippen LogP contribution in [0.1, 0.15) is 27.7 Å². The van der Waals surface area contributed by atoms with Crippen LogP contribution in [0.3, 0.4) is 0 Å². The summed E-state index contributed by atoms with van der Waals surface area (Å²) in [5.74, 6) is 0. The van der Waals surface area contributed by atoms with Gasteiger partial charge in [-0.15, -0.1) is 0 Å². The minimum atomic E-state index is -0.614. The second kappa shape index (κ2) is 2.64. The summed E-state index contributed by atoms with van der Waals surface area (Å²) in [5, 5.41) is 7.61. The van der Waals surface area contributed by atoms with Crippen LogP contribution in [-0.2, 0) is 0 Å². The minimum Gasteiger partial charge on any atom is -0.306 e. The van der Waals surface area contributed by atoms with Gasteiger partial charge in [0.1, 0.15) is 11.3 Å². The lowest BCUT2D eigenvalue weighted by Gasteiger charge is -2.15. The molecule has 0 bridgehead atoms. The van der Waals surface area contributed by atoms with Gasteiger partial charge in [-0.2, -0.15) is 10.2 Å². The Bertz CT molecular complexity index is 110. The van der Waals surface area contributed by atoms with E-state index in [-0.39, 0.29) is 0 Å². The molecule has 0 aromatic heterocycles. The third-order valence-corrected chi connectivity index (χ3v) is 0.565. The molecule has 4 heteroatoms. The molecule has 0 atom stereocenters. The van der Waals surface area contributed by atoms with Crippen molar-refractivity contribution in [2.45, 2.75) is 39.0 Å². The van der Waals surface area contributed by atoms with Crippen LogP contribution in [0.2, 0.25) is 0 Å². The number of azo groups is 1. The Morgan fingerprint density at radius 1 is 0.800 bits per heavy atom. The topological polar surface area (TPSA) is 76.8 Å². The zero-order chi connectivity index (χ0) is 8.41. The first-order valence-electron chi connectivity index (χ1n) is 3.22. The van der Waals surface area contributed by atoms with Crippen LogP contribution in [-0.4, -0.2) is 11.3 Å². The second-order valence-corrected chi connectivity index (χ2v) is 3.51. The van der Waals surface area contributed by atoms with Crippen molar-refractivity contribution in [1.82, 2.24) is 0 Å². The Morgan fingerprint density at radius 2 is 1.00 bits per heavy atom. The van der Waals surface area contributed by atoms with Gasteiger partial charge in [0.25, 0.3) is 0 Å². The highest BCUT2D eigenvalue weighted by atomic mass is 15.3. The van der Waals surface area contributed by atoms with Crippen molar-refractivity contribution >= 4 is 0 Å². The largest absolute Gasteiger partial charge is 0.306 e. The molecule has 0 aromatic carbocycles. The van der Waals surface area contributed by atoms with E-state index in [4.69, 9.17) is 11.5 Å². The van der Waals surface area contributed by atoms with Crippen LogP contribution in [0.15, 0.2) is 10.2 Å². The lowest BCUT2D eigenvalue weighted by molar-refractivity contribution is 0.438. The molecule has 10 heavy (non-hydrogen) atoms. The highest BCUT2D eigenvalue weighted by molar-refractivity contribution is 4.70. The fourth-order valence-corrected chi connectivity index (χ4v) is 0.258. The summed E-state index contributed by atoms with van der Waals surface area (Å²) in [6.07, 6.45) is 0. The van der Waals surface area contributed by atoms with Gasteiger partial charge in [-0.3, -0.25) is 0 Å². The maximum Gasteiger partial charge on any atom is 0.123 e. The Balaban J connectivity index is 4.01. The van der Waals surface area contributed by atoms with Crippen LogP contribution in [0.5, 0.6) is 0 Å². The van der Waals surface area contributed by atoms with Gasteiger partial charge >= 0.3 is 0 Å². The van der Waals surface area contributed by atoms with Gasteiger partial charge in [-0.25, -0.2) is 0 Å². The molecule has 0 spiro atoms. The smallest absolute Gasteiger partial charge is 0.123 e.